The van der Waals surface area contributed by atoms with Crippen molar-refractivity contribution in [3.8, 4) is 0 Å². The van der Waals surface area contributed by atoms with Gasteiger partial charge in [-0.15, -0.1) is 13.1 Å². The number of hydrogen-bond donors (Lipinski definition) is 0. The maximum atomic E-state index is 4.30. The maximum absolute atomic E-state index is 4.30. The van der Waals surface area contributed by atoms with Gasteiger partial charge in [0.1, 0.15) is 0 Å². The van der Waals surface area contributed by atoms with Gasteiger partial charge in [0.15, 0.2) is 0 Å². The summed E-state index contributed by atoms with van der Waals surface area (Å²) in [5, 5.41) is 4.30. The zero-order valence-electron chi connectivity index (χ0n) is 6.64. The molecule has 0 aromatic carbocycles. The van der Waals surface area contributed by atoms with Crippen molar-refractivity contribution in [2.75, 3.05) is 33.2 Å². The van der Waals surface area contributed by atoms with Crippen molar-refractivity contribution in [1.29, 1.82) is 0 Å². The largest absolute Gasteiger partial charge is 0.661 e. The lowest BCUT2D eigenvalue weighted by Gasteiger charge is -2.57. The van der Waals surface area contributed by atoms with Gasteiger partial charge >= 0.3 is 0 Å². The SMILES string of the molecule is CN1CCC2(CC1)C[N-]C2. The Bertz CT molecular complexity index is 119. The summed E-state index contributed by atoms with van der Waals surface area (Å²) < 4.78 is 0. The van der Waals surface area contributed by atoms with Crippen LogP contribution in [0.25, 0.3) is 5.32 Å². The van der Waals surface area contributed by atoms with E-state index in [1.165, 1.54) is 25.9 Å². The summed E-state index contributed by atoms with van der Waals surface area (Å²) in [5.41, 5.74) is 0.673. The summed E-state index contributed by atoms with van der Waals surface area (Å²) in [7, 11) is 2.21. The molecular formula is C8H15N2-. The summed E-state index contributed by atoms with van der Waals surface area (Å²) in [6, 6.07) is 0. The van der Waals surface area contributed by atoms with Crippen LogP contribution >= 0.6 is 0 Å². The first kappa shape index (κ1) is 6.62. The van der Waals surface area contributed by atoms with Crippen LogP contribution in [0, 0.1) is 5.41 Å². The van der Waals surface area contributed by atoms with Crippen LogP contribution in [0.2, 0.25) is 0 Å². The molecule has 2 heteroatoms. The lowest BCUT2D eigenvalue weighted by molar-refractivity contribution is 0.119. The molecule has 2 aliphatic rings. The van der Waals surface area contributed by atoms with Crippen molar-refractivity contribution >= 4 is 0 Å². The third kappa shape index (κ3) is 0.956. The Balaban J connectivity index is 1.90. The van der Waals surface area contributed by atoms with Crippen LogP contribution in [0.15, 0.2) is 0 Å². The highest BCUT2D eigenvalue weighted by Crippen LogP contribution is 2.40. The third-order valence-corrected chi connectivity index (χ3v) is 2.94. The molecule has 2 aliphatic heterocycles. The van der Waals surface area contributed by atoms with Gasteiger partial charge in [-0.3, -0.25) is 0 Å². The minimum atomic E-state index is 0.673. The number of likely N-dealkylation sites (tertiary alicyclic amines) is 1. The van der Waals surface area contributed by atoms with Gasteiger partial charge in [0.05, 0.1) is 0 Å². The second-order valence-electron chi connectivity index (χ2n) is 3.84. The smallest absolute Gasteiger partial charge is 0.00177 e. The second kappa shape index (κ2) is 2.21. The average molecular weight is 139 g/mol. The summed E-state index contributed by atoms with van der Waals surface area (Å²) in [6.45, 7) is 4.88. The molecule has 2 fully saturated rings. The van der Waals surface area contributed by atoms with E-state index in [1.54, 1.807) is 0 Å². The molecule has 0 radical (unpaired) electrons. The van der Waals surface area contributed by atoms with Gasteiger partial charge < -0.3 is 10.2 Å². The Labute approximate surface area is 62.6 Å². The first-order valence-electron chi connectivity index (χ1n) is 4.13. The van der Waals surface area contributed by atoms with Crippen molar-refractivity contribution in [3.05, 3.63) is 5.32 Å². The summed E-state index contributed by atoms with van der Waals surface area (Å²) in [4.78, 5) is 2.42. The minimum Gasteiger partial charge on any atom is -0.661 e. The van der Waals surface area contributed by atoms with Gasteiger partial charge in [-0.05, 0) is 33.0 Å². The van der Waals surface area contributed by atoms with E-state index in [9.17, 15) is 0 Å². The predicted octanol–water partition coefficient (Wildman–Crippen LogP) is 1.09. The lowest BCUT2D eigenvalue weighted by atomic mass is 9.74. The quantitative estimate of drug-likeness (QED) is 0.491. The van der Waals surface area contributed by atoms with E-state index in [0.717, 1.165) is 13.1 Å². The van der Waals surface area contributed by atoms with Crippen molar-refractivity contribution in [2.45, 2.75) is 12.8 Å². The summed E-state index contributed by atoms with van der Waals surface area (Å²) in [5.74, 6) is 0. The number of nitrogens with zero attached hydrogens (tertiary/aromatic N) is 2. The van der Waals surface area contributed by atoms with Crippen LogP contribution in [0.5, 0.6) is 0 Å². The van der Waals surface area contributed by atoms with Crippen LogP contribution in [0.1, 0.15) is 12.8 Å². The Hall–Kier alpha value is -0.0800. The number of rotatable bonds is 0. The average Bonchev–Trinajstić information content (AvgIpc) is 1.86. The fourth-order valence-corrected chi connectivity index (χ4v) is 1.84. The lowest BCUT2D eigenvalue weighted by Crippen LogP contribution is -2.47. The van der Waals surface area contributed by atoms with Crippen LogP contribution in [0.4, 0.5) is 0 Å². The molecule has 58 valence electrons. The molecular weight excluding hydrogens is 124 g/mol. The molecule has 2 nitrogen and oxygen atoms in total. The van der Waals surface area contributed by atoms with E-state index in [1.807, 2.05) is 0 Å². The van der Waals surface area contributed by atoms with Crippen molar-refractivity contribution in [3.63, 3.8) is 0 Å². The zero-order valence-corrected chi connectivity index (χ0v) is 6.64. The van der Waals surface area contributed by atoms with E-state index >= 15 is 0 Å². The Morgan fingerprint density at radius 2 is 1.80 bits per heavy atom. The topological polar surface area (TPSA) is 17.3 Å². The van der Waals surface area contributed by atoms with Gasteiger partial charge in [-0.1, -0.05) is 5.41 Å². The van der Waals surface area contributed by atoms with Crippen molar-refractivity contribution in [1.82, 2.24) is 4.90 Å². The molecule has 0 unspecified atom stereocenters. The molecule has 0 aromatic rings. The minimum absolute atomic E-state index is 0.673. The monoisotopic (exact) mass is 139 g/mol. The molecule has 0 amide bonds. The zero-order chi connectivity index (χ0) is 7.03. The van der Waals surface area contributed by atoms with E-state index in [0.29, 0.717) is 5.41 Å². The first-order chi connectivity index (χ1) is 4.81. The van der Waals surface area contributed by atoms with Gasteiger partial charge in [0.25, 0.3) is 0 Å². The highest BCUT2D eigenvalue weighted by Gasteiger charge is 2.31. The standard InChI is InChI=1S/C8H15N2/c1-10-4-2-8(3-5-10)6-9-7-8/h2-7H2,1H3/q-1. The van der Waals surface area contributed by atoms with Gasteiger partial charge in [0.2, 0.25) is 0 Å². The van der Waals surface area contributed by atoms with Gasteiger partial charge in [-0.2, -0.15) is 0 Å². The molecule has 10 heavy (non-hydrogen) atoms. The molecule has 0 bridgehead atoms. The fraction of sp³-hybridized carbons (Fsp3) is 1.00. The van der Waals surface area contributed by atoms with Gasteiger partial charge in [-0.25, -0.2) is 0 Å². The Morgan fingerprint density at radius 3 is 2.20 bits per heavy atom. The first-order valence-corrected chi connectivity index (χ1v) is 4.13. The van der Waals surface area contributed by atoms with Crippen molar-refractivity contribution in [2.24, 2.45) is 5.41 Å². The van der Waals surface area contributed by atoms with Crippen LogP contribution < -0.4 is 0 Å². The van der Waals surface area contributed by atoms with Crippen LogP contribution in [-0.4, -0.2) is 38.1 Å². The van der Waals surface area contributed by atoms with E-state index in [2.05, 4.69) is 17.3 Å². The van der Waals surface area contributed by atoms with Crippen molar-refractivity contribution < 1.29 is 0 Å². The molecule has 0 saturated carbocycles. The van der Waals surface area contributed by atoms with E-state index in [4.69, 9.17) is 0 Å². The second-order valence-corrected chi connectivity index (χ2v) is 3.84. The van der Waals surface area contributed by atoms with E-state index in [-0.39, 0.29) is 0 Å². The molecule has 0 aliphatic carbocycles. The fourth-order valence-electron chi connectivity index (χ4n) is 1.84. The van der Waals surface area contributed by atoms with Gasteiger partial charge in [0, 0.05) is 0 Å². The normalized spacial score (nSPS) is 32.1. The Morgan fingerprint density at radius 1 is 1.20 bits per heavy atom. The maximum Gasteiger partial charge on any atom is -0.00177 e. The molecule has 2 heterocycles. The van der Waals surface area contributed by atoms with E-state index < -0.39 is 0 Å². The molecule has 2 saturated heterocycles. The molecule has 0 aromatic heterocycles. The Kier molecular flexibility index (Phi) is 1.46. The predicted molar refractivity (Wildman–Crippen MR) is 42.3 cm³/mol. The summed E-state index contributed by atoms with van der Waals surface area (Å²) >= 11 is 0. The summed E-state index contributed by atoms with van der Waals surface area (Å²) in [6.07, 6.45) is 2.76. The highest BCUT2D eigenvalue weighted by molar-refractivity contribution is 5.11. The highest BCUT2D eigenvalue weighted by atomic mass is 15.1. The van der Waals surface area contributed by atoms with Crippen LogP contribution in [-0.2, 0) is 0 Å². The third-order valence-electron chi connectivity index (χ3n) is 2.94. The number of hydrogen-bond acceptors (Lipinski definition) is 1. The molecule has 2 rings (SSSR count). The molecule has 1 spiro atoms. The molecule has 0 atom stereocenters. The van der Waals surface area contributed by atoms with Crippen LogP contribution in [0.3, 0.4) is 0 Å². The number of piperidine rings is 1. The molecule has 0 N–H and O–H groups in total.